The molecule has 7 nitrogen and oxygen atoms in total. The maximum absolute atomic E-state index is 14.0. The molecule has 0 aliphatic carbocycles. The van der Waals surface area contributed by atoms with Crippen LogP contribution in [0.2, 0.25) is 5.02 Å². The fourth-order valence-electron chi connectivity index (χ4n) is 3.96. The van der Waals surface area contributed by atoms with Crippen molar-refractivity contribution in [1.29, 1.82) is 0 Å². The second-order valence-corrected chi connectivity index (χ2v) is 12.6. The molecule has 0 aliphatic rings. The van der Waals surface area contributed by atoms with Gasteiger partial charge in [-0.2, -0.15) is 0 Å². The predicted molar refractivity (Wildman–Crippen MR) is 159 cm³/mol. The monoisotopic (exact) mass is 633 g/mol. The quantitative estimate of drug-likeness (QED) is 0.283. The smallest absolute Gasteiger partial charge is 0.264 e. The Labute approximate surface area is 244 Å². The van der Waals surface area contributed by atoms with Crippen LogP contribution in [0.1, 0.15) is 38.3 Å². The first-order valence-electron chi connectivity index (χ1n) is 12.6. The van der Waals surface area contributed by atoms with Gasteiger partial charge in [0.1, 0.15) is 12.6 Å². The number of hydrogen-bond acceptors (Lipinski definition) is 4. The molecule has 1 N–H and O–H groups in total. The number of sulfonamides is 1. The highest BCUT2D eigenvalue weighted by Crippen LogP contribution is 2.30. The summed E-state index contributed by atoms with van der Waals surface area (Å²) in [6, 6.07) is 19.3. The molecule has 10 heteroatoms. The molecule has 0 saturated heterocycles. The Hall–Kier alpha value is -2.88. The first kappa shape index (κ1) is 30.7. The van der Waals surface area contributed by atoms with Crippen LogP contribution in [0.5, 0.6) is 0 Å². The maximum Gasteiger partial charge on any atom is 0.264 e. The van der Waals surface area contributed by atoms with Crippen molar-refractivity contribution in [3.63, 3.8) is 0 Å². The summed E-state index contributed by atoms with van der Waals surface area (Å²) in [5.41, 5.74) is 1.71. The number of anilines is 1. The summed E-state index contributed by atoms with van der Waals surface area (Å²) in [6.45, 7) is 6.84. The molecule has 208 valence electrons. The summed E-state index contributed by atoms with van der Waals surface area (Å²) in [5.74, 6) is -0.843. The highest BCUT2D eigenvalue weighted by atomic mass is 79.9. The van der Waals surface area contributed by atoms with Crippen molar-refractivity contribution in [3.05, 3.63) is 93.4 Å². The van der Waals surface area contributed by atoms with Gasteiger partial charge in [-0.1, -0.05) is 70.9 Å². The molecule has 0 saturated carbocycles. The fraction of sp³-hybridized carbons (Fsp3) is 0.310. The van der Waals surface area contributed by atoms with E-state index in [0.717, 1.165) is 20.8 Å². The van der Waals surface area contributed by atoms with Gasteiger partial charge in [-0.05, 0) is 74.7 Å². The summed E-state index contributed by atoms with van der Waals surface area (Å²) in [5, 5.41) is 3.26. The lowest BCUT2D eigenvalue weighted by Crippen LogP contribution is -2.52. The molecular formula is C29H33BrClN3O4S. The van der Waals surface area contributed by atoms with E-state index in [1.807, 2.05) is 38.1 Å². The third kappa shape index (κ3) is 7.84. The van der Waals surface area contributed by atoms with E-state index in [1.165, 1.54) is 23.1 Å². The number of carbonyl (C=O) groups is 2. The van der Waals surface area contributed by atoms with E-state index < -0.39 is 28.5 Å². The van der Waals surface area contributed by atoms with Crippen LogP contribution in [-0.4, -0.2) is 43.8 Å². The highest BCUT2D eigenvalue weighted by Gasteiger charge is 2.33. The van der Waals surface area contributed by atoms with Crippen LogP contribution in [0.25, 0.3) is 0 Å². The standard InChI is InChI=1S/C29H33BrClN3O4S/c1-5-21(3)32-29(36)22(4)33(18-23-10-9-11-24(30)16-23)28(35)19-34(27-17-25(31)15-14-20(27)2)39(37,38)26-12-7-6-8-13-26/h6-17,21-22H,5,18-19H2,1-4H3,(H,32,36)/t21-,22-/m0/s1. The van der Waals surface area contributed by atoms with Crippen LogP contribution in [-0.2, 0) is 26.2 Å². The Morgan fingerprint density at radius 1 is 1.00 bits per heavy atom. The van der Waals surface area contributed by atoms with Crippen molar-refractivity contribution in [2.24, 2.45) is 0 Å². The molecular weight excluding hydrogens is 602 g/mol. The number of nitrogens with zero attached hydrogens (tertiary/aromatic N) is 2. The number of carbonyl (C=O) groups excluding carboxylic acids is 2. The highest BCUT2D eigenvalue weighted by molar-refractivity contribution is 9.10. The molecule has 0 radical (unpaired) electrons. The van der Waals surface area contributed by atoms with E-state index in [4.69, 9.17) is 11.6 Å². The minimum absolute atomic E-state index is 0.0401. The second kappa shape index (κ2) is 13.5. The average Bonchev–Trinajstić information content (AvgIpc) is 2.91. The molecule has 3 aromatic rings. The molecule has 0 bridgehead atoms. The van der Waals surface area contributed by atoms with Crippen LogP contribution in [0.15, 0.2) is 82.2 Å². The van der Waals surface area contributed by atoms with E-state index in [9.17, 15) is 18.0 Å². The first-order valence-corrected chi connectivity index (χ1v) is 15.2. The Bertz CT molecular complexity index is 1420. The number of rotatable bonds is 11. The lowest BCUT2D eigenvalue weighted by atomic mass is 10.1. The largest absolute Gasteiger partial charge is 0.352 e. The molecule has 3 aromatic carbocycles. The fourth-order valence-corrected chi connectivity index (χ4v) is 6.07. The Morgan fingerprint density at radius 2 is 1.69 bits per heavy atom. The SMILES string of the molecule is CC[C@H](C)NC(=O)[C@H](C)N(Cc1cccc(Br)c1)C(=O)CN(c1cc(Cl)ccc1C)S(=O)(=O)c1ccccc1. The molecule has 3 rings (SSSR count). The number of hydrogen-bond donors (Lipinski definition) is 1. The summed E-state index contributed by atoms with van der Waals surface area (Å²) in [4.78, 5) is 28.6. The molecule has 2 atom stereocenters. The van der Waals surface area contributed by atoms with E-state index >= 15 is 0 Å². The van der Waals surface area contributed by atoms with Gasteiger partial charge in [0, 0.05) is 22.1 Å². The zero-order chi connectivity index (χ0) is 28.7. The van der Waals surface area contributed by atoms with Crippen molar-refractivity contribution in [1.82, 2.24) is 10.2 Å². The third-order valence-electron chi connectivity index (χ3n) is 6.46. The molecule has 0 heterocycles. The maximum atomic E-state index is 14.0. The number of halogens is 2. The van der Waals surface area contributed by atoms with Gasteiger partial charge in [0.15, 0.2) is 0 Å². The molecule has 0 unspecified atom stereocenters. The van der Waals surface area contributed by atoms with Gasteiger partial charge in [0.2, 0.25) is 11.8 Å². The normalized spacial score (nSPS) is 12.9. The van der Waals surface area contributed by atoms with Crippen molar-refractivity contribution in [3.8, 4) is 0 Å². The third-order valence-corrected chi connectivity index (χ3v) is 8.96. The van der Waals surface area contributed by atoms with Crippen LogP contribution >= 0.6 is 27.5 Å². The van der Waals surface area contributed by atoms with Gasteiger partial charge >= 0.3 is 0 Å². The van der Waals surface area contributed by atoms with E-state index in [-0.39, 0.29) is 23.4 Å². The average molecular weight is 635 g/mol. The van der Waals surface area contributed by atoms with E-state index in [2.05, 4.69) is 21.2 Å². The van der Waals surface area contributed by atoms with Crippen LogP contribution in [0, 0.1) is 6.92 Å². The molecule has 2 amide bonds. The van der Waals surface area contributed by atoms with Gasteiger partial charge in [0.05, 0.1) is 10.6 Å². The van der Waals surface area contributed by atoms with Gasteiger partial charge in [-0.25, -0.2) is 8.42 Å². The van der Waals surface area contributed by atoms with Crippen LogP contribution < -0.4 is 9.62 Å². The van der Waals surface area contributed by atoms with Gasteiger partial charge in [-0.3, -0.25) is 13.9 Å². The predicted octanol–water partition coefficient (Wildman–Crippen LogP) is 5.94. The summed E-state index contributed by atoms with van der Waals surface area (Å²) >= 11 is 9.71. The summed E-state index contributed by atoms with van der Waals surface area (Å²) in [7, 11) is -4.15. The van der Waals surface area contributed by atoms with Gasteiger partial charge in [0.25, 0.3) is 10.0 Å². The number of benzene rings is 3. The minimum atomic E-state index is -4.15. The summed E-state index contributed by atoms with van der Waals surface area (Å²) in [6.07, 6.45) is 0.731. The molecule has 0 aromatic heterocycles. The zero-order valence-corrected chi connectivity index (χ0v) is 25.6. The first-order chi connectivity index (χ1) is 18.4. The Kier molecular flexibility index (Phi) is 10.6. The second-order valence-electron chi connectivity index (χ2n) is 9.40. The van der Waals surface area contributed by atoms with E-state index in [1.54, 1.807) is 44.2 Å². The lowest BCUT2D eigenvalue weighted by Gasteiger charge is -2.33. The van der Waals surface area contributed by atoms with Crippen molar-refractivity contribution < 1.29 is 18.0 Å². The van der Waals surface area contributed by atoms with Crippen LogP contribution in [0.3, 0.4) is 0 Å². The molecule has 0 aliphatic heterocycles. The topological polar surface area (TPSA) is 86.8 Å². The summed E-state index contributed by atoms with van der Waals surface area (Å²) < 4.78 is 29.6. The van der Waals surface area contributed by atoms with Crippen molar-refractivity contribution in [2.75, 3.05) is 10.8 Å². The number of nitrogens with one attached hydrogen (secondary N) is 1. The molecule has 0 fully saturated rings. The zero-order valence-electron chi connectivity index (χ0n) is 22.4. The van der Waals surface area contributed by atoms with Gasteiger partial charge in [-0.15, -0.1) is 0 Å². The van der Waals surface area contributed by atoms with E-state index in [0.29, 0.717) is 16.3 Å². The van der Waals surface area contributed by atoms with Gasteiger partial charge < -0.3 is 10.2 Å². The molecule has 39 heavy (non-hydrogen) atoms. The number of aryl methyl sites for hydroxylation is 1. The molecule has 0 spiro atoms. The van der Waals surface area contributed by atoms with Crippen molar-refractivity contribution >= 4 is 55.1 Å². The minimum Gasteiger partial charge on any atom is -0.352 e. The van der Waals surface area contributed by atoms with Crippen LogP contribution in [0.4, 0.5) is 5.69 Å². The number of amides is 2. The Balaban J connectivity index is 2.06. The Morgan fingerprint density at radius 3 is 2.33 bits per heavy atom. The van der Waals surface area contributed by atoms with Crippen molar-refractivity contribution in [2.45, 2.75) is 57.6 Å². The lowest BCUT2D eigenvalue weighted by molar-refractivity contribution is -0.139.